The van der Waals surface area contributed by atoms with E-state index in [9.17, 15) is 9.59 Å². The number of benzene rings is 1. The molecule has 1 aromatic carbocycles. The van der Waals surface area contributed by atoms with Crippen LogP contribution in [-0.2, 0) is 13.0 Å². The van der Waals surface area contributed by atoms with E-state index in [2.05, 4.69) is 23.1 Å². The standard InChI is InChI=1S/C19H25N3O2/c23-18-6-5-16-4-3-15(13-17(16)18)14-20-9-11-22(12-10-20)19(24)21-7-1-2-8-21/h3-4,13H,1-2,5-12,14H2. The molecule has 0 N–H and O–H groups in total. The largest absolute Gasteiger partial charge is 0.325 e. The van der Waals surface area contributed by atoms with Crippen LogP contribution >= 0.6 is 0 Å². The Morgan fingerprint density at radius 1 is 0.917 bits per heavy atom. The number of Topliss-reactive ketones (excluding diaryl/α,β-unsaturated/α-hetero) is 1. The van der Waals surface area contributed by atoms with E-state index in [1.165, 1.54) is 11.1 Å². The average molecular weight is 327 g/mol. The molecule has 2 aliphatic heterocycles. The first-order valence-corrected chi connectivity index (χ1v) is 9.12. The van der Waals surface area contributed by atoms with Gasteiger partial charge in [0.25, 0.3) is 0 Å². The van der Waals surface area contributed by atoms with Gasteiger partial charge in [0.05, 0.1) is 0 Å². The second-order valence-electron chi connectivity index (χ2n) is 7.15. The van der Waals surface area contributed by atoms with Gasteiger partial charge in [-0.3, -0.25) is 9.69 Å². The molecule has 0 unspecified atom stereocenters. The van der Waals surface area contributed by atoms with Crippen LogP contribution in [0.15, 0.2) is 18.2 Å². The lowest BCUT2D eigenvalue weighted by atomic mass is 10.1. The molecule has 0 atom stereocenters. The fourth-order valence-corrected chi connectivity index (χ4v) is 4.05. The third-order valence-electron chi connectivity index (χ3n) is 5.52. The van der Waals surface area contributed by atoms with Gasteiger partial charge in [-0.2, -0.15) is 0 Å². The highest BCUT2D eigenvalue weighted by molar-refractivity contribution is 6.00. The summed E-state index contributed by atoms with van der Waals surface area (Å²) in [6.45, 7) is 6.13. The summed E-state index contributed by atoms with van der Waals surface area (Å²) in [4.78, 5) is 30.7. The summed E-state index contributed by atoms with van der Waals surface area (Å²) in [5, 5.41) is 0. The van der Waals surface area contributed by atoms with Crippen LogP contribution in [0, 0.1) is 0 Å². The number of fused-ring (bicyclic) bond motifs is 1. The van der Waals surface area contributed by atoms with E-state index < -0.39 is 0 Å². The molecule has 3 aliphatic rings. The smallest absolute Gasteiger partial charge is 0.320 e. The Labute approximate surface area is 143 Å². The highest BCUT2D eigenvalue weighted by atomic mass is 16.2. The number of hydrogen-bond donors (Lipinski definition) is 0. The maximum Gasteiger partial charge on any atom is 0.320 e. The van der Waals surface area contributed by atoms with Gasteiger partial charge in [0.15, 0.2) is 5.78 Å². The SMILES string of the molecule is O=C1CCc2ccc(CN3CCN(C(=O)N4CCCC4)CC3)cc21. The first kappa shape index (κ1) is 15.6. The molecule has 0 bridgehead atoms. The molecule has 2 saturated heterocycles. The second kappa shape index (κ2) is 6.55. The third-order valence-corrected chi connectivity index (χ3v) is 5.52. The molecule has 2 fully saturated rings. The summed E-state index contributed by atoms with van der Waals surface area (Å²) in [5.74, 6) is 0.285. The summed E-state index contributed by atoms with van der Waals surface area (Å²) >= 11 is 0. The van der Waals surface area contributed by atoms with E-state index in [-0.39, 0.29) is 11.8 Å². The minimum Gasteiger partial charge on any atom is -0.325 e. The number of ketones is 1. The zero-order chi connectivity index (χ0) is 16.5. The van der Waals surface area contributed by atoms with Crippen molar-refractivity contribution in [1.29, 1.82) is 0 Å². The Morgan fingerprint density at radius 2 is 1.62 bits per heavy atom. The lowest BCUT2D eigenvalue weighted by molar-refractivity contribution is 0.0993. The normalized spacial score (nSPS) is 21.4. The molecule has 2 amide bonds. The highest BCUT2D eigenvalue weighted by Crippen LogP contribution is 2.24. The molecule has 128 valence electrons. The minimum atomic E-state index is 0.218. The van der Waals surface area contributed by atoms with E-state index in [0.29, 0.717) is 6.42 Å². The number of piperazine rings is 1. The Bertz CT molecular complexity index is 644. The van der Waals surface area contributed by atoms with Crippen LogP contribution in [0.25, 0.3) is 0 Å². The maximum atomic E-state index is 12.4. The van der Waals surface area contributed by atoms with Crippen molar-refractivity contribution in [2.24, 2.45) is 0 Å². The zero-order valence-electron chi connectivity index (χ0n) is 14.2. The number of nitrogens with zero attached hydrogens (tertiary/aromatic N) is 3. The molecule has 5 nitrogen and oxygen atoms in total. The molecule has 0 radical (unpaired) electrons. The zero-order valence-corrected chi connectivity index (χ0v) is 14.2. The van der Waals surface area contributed by atoms with Crippen LogP contribution in [0.4, 0.5) is 4.79 Å². The Kier molecular flexibility index (Phi) is 4.27. The number of amides is 2. The van der Waals surface area contributed by atoms with Crippen molar-refractivity contribution in [1.82, 2.24) is 14.7 Å². The topological polar surface area (TPSA) is 43.9 Å². The van der Waals surface area contributed by atoms with E-state index >= 15 is 0 Å². The Morgan fingerprint density at radius 3 is 2.38 bits per heavy atom. The molecule has 4 rings (SSSR count). The van der Waals surface area contributed by atoms with Gasteiger partial charge < -0.3 is 9.80 Å². The van der Waals surface area contributed by atoms with Crippen molar-refractivity contribution < 1.29 is 9.59 Å². The number of carbonyl (C=O) groups excluding carboxylic acids is 2. The molecule has 1 aromatic rings. The first-order valence-electron chi connectivity index (χ1n) is 9.12. The molecule has 0 aromatic heterocycles. The van der Waals surface area contributed by atoms with E-state index in [1.807, 2.05) is 9.80 Å². The molecule has 2 heterocycles. The van der Waals surface area contributed by atoms with Crippen molar-refractivity contribution in [2.45, 2.75) is 32.2 Å². The average Bonchev–Trinajstić information content (AvgIpc) is 3.26. The third kappa shape index (κ3) is 3.05. The van der Waals surface area contributed by atoms with E-state index in [1.54, 1.807) is 0 Å². The molecule has 1 aliphatic carbocycles. The maximum absolute atomic E-state index is 12.4. The summed E-state index contributed by atoms with van der Waals surface area (Å²) in [6, 6.07) is 6.56. The van der Waals surface area contributed by atoms with Crippen molar-refractivity contribution in [3.63, 3.8) is 0 Å². The lowest BCUT2D eigenvalue weighted by Crippen LogP contribution is -2.52. The number of urea groups is 1. The van der Waals surface area contributed by atoms with Crippen molar-refractivity contribution >= 4 is 11.8 Å². The number of aryl methyl sites for hydroxylation is 1. The highest BCUT2D eigenvalue weighted by Gasteiger charge is 2.27. The van der Waals surface area contributed by atoms with Crippen LogP contribution in [0.5, 0.6) is 0 Å². The van der Waals surface area contributed by atoms with E-state index in [0.717, 1.165) is 70.6 Å². The number of likely N-dealkylation sites (tertiary alicyclic amines) is 1. The van der Waals surface area contributed by atoms with Gasteiger partial charge >= 0.3 is 6.03 Å². The van der Waals surface area contributed by atoms with Gasteiger partial charge in [-0.05, 0) is 36.5 Å². The summed E-state index contributed by atoms with van der Waals surface area (Å²) in [6.07, 6.45) is 3.84. The van der Waals surface area contributed by atoms with Crippen LogP contribution in [0.2, 0.25) is 0 Å². The fourth-order valence-electron chi connectivity index (χ4n) is 4.05. The van der Waals surface area contributed by atoms with Gasteiger partial charge in [0.1, 0.15) is 0 Å². The monoisotopic (exact) mass is 327 g/mol. The summed E-state index contributed by atoms with van der Waals surface area (Å²) < 4.78 is 0. The van der Waals surface area contributed by atoms with Gasteiger partial charge in [-0.1, -0.05) is 12.1 Å². The first-order chi connectivity index (χ1) is 11.7. The number of rotatable bonds is 2. The molecule has 5 heteroatoms. The van der Waals surface area contributed by atoms with Gasteiger partial charge in [-0.25, -0.2) is 4.79 Å². The summed E-state index contributed by atoms with van der Waals surface area (Å²) in [7, 11) is 0. The molecule has 0 saturated carbocycles. The molecular formula is C19H25N3O2. The lowest BCUT2D eigenvalue weighted by Gasteiger charge is -2.36. The minimum absolute atomic E-state index is 0.218. The predicted octanol–water partition coefficient (Wildman–Crippen LogP) is 2.15. The van der Waals surface area contributed by atoms with Gasteiger partial charge in [0.2, 0.25) is 0 Å². The summed E-state index contributed by atoms with van der Waals surface area (Å²) in [5.41, 5.74) is 3.34. The van der Waals surface area contributed by atoms with Crippen LogP contribution in [-0.4, -0.2) is 65.8 Å². The van der Waals surface area contributed by atoms with Crippen molar-refractivity contribution in [2.75, 3.05) is 39.3 Å². The van der Waals surface area contributed by atoms with Crippen LogP contribution in [0.1, 0.15) is 40.7 Å². The van der Waals surface area contributed by atoms with Crippen LogP contribution in [0.3, 0.4) is 0 Å². The van der Waals surface area contributed by atoms with Gasteiger partial charge in [0, 0.05) is 57.8 Å². The van der Waals surface area contributed by atoms with Crippen LogP contribution < -0.4 is 0 Å². The molecular weight excluding hydrogens is 302 g/mol. The van der Waals surface area contributed by atoms with Crippen molar-refractivity contribution in [3.05, 3.63) is 34.9 Å². The number of hydrogen-bond acceptors (Lipinski definition) is 3. The van der Waals surface area contributed by atoms with Crippen molar-refractivity contribution in [3.8, 4) is 0 Å². The predicted molar refractivity (Wildman–Crippen MR) is 92.1 cm³/mol. The molecule has 24 heavy (non-hydrogen) atoms. The Hall–Kier alpha value is -1.88. The Balaban J connectivity index is 1.32. The quantitative estimate of drug-likeness (QED) is 0.836. The molecule has 0 spiro atoms. The second-order valence-corrected chi connectivity index (χ2v) is 7.15. The number of carbonyl (C=O) groups is 2. The van der Waals surface area contributed by atoms with E-state index in [4.69, 9.17) is 0 Å². The fraction of sp³-hybridized carbons (Fsp3) is 0.579. The van der Waals surface area contributed by atoms with Gasteiger partial charge in [-0.15, -0.1) is 0 Å².